The van der Waals surface area contributed by atoms with Crippen LogP contribution < -0.4 is 11.1 Å². The molecule has 0 radical (unpaired) electrons. The van der Waals surface area contributed by atoms with E-state index in [9.17, 15) is 8.42 Å². The number of anilines is 1. The zero-order chi connectivity index (χ0) is 15.0. The molecule has 0 unspecified atom stereocenters. The van der Waals surface area contributed by atoms with Crippen molar-refractivity contribution in [3.8, 4) is 0 Å². The van der Waals surface area contributed by atoms with Crippen LogP contribution in [0.25, 0.3) is 0 Å². The molecule has 0 aliphatic carbocycles. The first kappa shape index (κ1) is 16.6. The Hall–Kier alpha value is -1.44. The predicted octanol–water partition coefficient (Wildman–Crippen LogP) is 2.45. The number of allylic oxidation sites excluding steroid dienone is 1. The minimum absolute atomic E-state index is 0.252. The van der Waals surface area contributed by atoms with E-state index in [0.29, 0.717) is 13.0 Å². The molecule has 0 saturated heterocycles. The van der Waals surface area contributed by atoms with Crippen LogP contribution in [0.15, 0.2) is 52.9 Å². The minimum atomic E-state index is -3.90. The summed E-state index contributed by atoms with van der Waals surface area (Å²) in [6.07, 6.45) is 3.47. The van der Waals surface area contributed by atoms with Crippen molar-refractivity contribution in [2.24, 2.45) is 5.73 Å². The maximum atomic E-state index is 10.6. The Labute approximate surface area is 123 Å². The number of para-hydroxylation sites is 1. The van der Waals surface area contributed by atoms with Gasteiger partial charge in [0.2, 0.25) is 0 Å². The van der Waals surface area contributed by atoms with E-state index in [1.54, 1.807) is 6.08 Å². The van der Waals surface area contributed by atoms with Gasteiger partial charge < -0.3 is 11.1 Å². The molecule has 1 rings (SSSR count). The second-order valence-electron chi connectivity index (χ2n) is 3.99. The summed E-state index contributed by atoms with van der Waals surface area (Å²) in [5, 5.41) is 3.14. The van der Waals surface area contributed by atoms with Crippen molar-refractivity contribution >= 4 is 27.6 Å². The highest BCUT2D eigenvalue weighted by Gasteiger charge is 2.05. The number of thioether (sulfide) groups is 1. The van der Waals surface area contributed by atoms with Gasteiger partial charge in [0, 0.05) is 22.0 Å². The monoisotopic (exact) mass is 314 g/mol. The molecule has 1 aromatic rings. The molecule has 0 heterocycles. The molecule has 0 atom stereocenters. The third kappa shape index (κ3) is 6.65. The molecule has 0 amide bonds. The fraction of sp³-hybridized carbons (Fsp3) is 0.231. The largest absolute Gasteiger partial charge is 0.405 e. The maximum Gasteiger partial charge on any atom is 0.264 e. The van der Waals surface area contributed by atoms with Crippen molar-refractivity contribution < 1.29 is 13.0 Å². The molecule has 0 aromatic heterocycles. The van der Waals surface area contributed by atoms with Crippen LogP contribution in [0.5, 0.6) is 0 Å². The van der Waals surface area contributed by atoms with Crippen molar-refractivity contribution in [2.75, 3.05) is 17.6 Å². The molecule has 110 valence electrons. The van der Waals surface area contributed by atoms with Crippen molar-refractivity contribution in [1.29, 1.82) is 0 Å². The quantitative estimate of drug-likeness (QED) is 0.295. The predicted molar refractivity (Wildman–Crippen MR) is 84.3 cm³/mol. The van der Waals surface area contributed by atoms with E-state index in [-0.39, 0.29) is 5.75 Å². The SMILES string of the molecule is C=C(/C=C/N)Sc1ccccc1NCCCS(=O)(=O)O. The molecule has 0 aliphatic heterocycles. The van der Waals surface area contributed by atoms with Gasteiger partial charge in [-0.2, -0.15) is 8.42 Å². The average molecular weight is 314 g/mol. The van der Waals surface area contributed by atoms with Crippen LogP contribution in [0.3, 0.4) is 0 Å². The highest BCUT2D eigenvalue weighted by Crippen LogP contribution is 2.32. The summed E-state index contributed by atoms with van der Waals surface area (Å²) in [5.74, 6) is -0.252. The summed E-state index contributed by atoms with van der Waals surface area (Å²) in [5.41, 5.74) is 6.20. The van der Waals surface area contributed by atoms with Crippen LogP contribution in [-0.2, 0) is 10.1 Å². The second-order valence-corrected chi connectivity index (χ2v) is 6.73. The minimum Gasteiger partial charge on any atom is -0.405 e. The molecule has 20 heavy (non-hydrogen) atoms. The van der Waals surface area contributed by atoms with Crippen LogP contribution in [0.2, 0.25) is 0 Å². The first-order valence-corrected chi connectivity index (χ1v) is 8.38. The molecule has 5 nitrogen and oxygen atoms in total. The van der Waals surface area contributed by atoms with E-state index in [1.165, 1.54) is 18.0 Å². The third-order valence-electron chi connectivity index (χ3n) is 2.30. The molecule has 0 spiro atoms. The molecule has 0 bridgehead atoms. The average Bonchev–Trinajstić information content (AvgIpc) is 2.35. The summed E-state index contributed by atoms with van der Waals surface area (Å²) >= 11 is 1.47. The topological polar surface area (TPSA) is 92.4 Å². The second kappa shape index (κ2) is 7.98. The van der Waals surface area contributed by atoms with Crippen molar-refractivity contribution in [3.05, 3.63) is 48.0 Å². The summed E-state index contributed by atoms with van der Waals surface area (Å²) in [7, 11) is -3.90. The lowest BCUT2D eigenvalue weighted by molar-refractivity contribution is 0.481. The van der Waals surface area contributed by atoms with Crippen molar-refractivity contribution in [2.45, 2.75) is 11.3 Å². The fourth-order valence-corrected chi connectivity index (χ4v) is 2.80. The lowest BCUT2D eigenvalue weighted by atomic mass is 10.3. The number of benzene rings is 1. The molecule has 0 aliphatic rings. The fourth-order valence-electron chi connectivity index (χ4n) is 1.46. The number of rotatable bonds is 8. The lowest BCUT2D eigenvalue weighted by Crippen LogP contribution is -2.10. The Kier molecular flexibility index (Phi) is 6.63. The standard InChI is InChI=1S/C13H18N2O3S2/c1-11(7-8-14)19-13-6-3-2-5-12(13)15-9-4-10-20(16,17)18/h2-3,5-8,15H,1,4,9-10,14H2,(H,16,17,18)/b8-7+. The van der Waals surface area contributed by atoms with Crippen LogP contribution >= 0.6 is 11.8 Å². The van der Waals surface area contributed by atoms with Gasteiger partial charge in [-0.1, -0.05) is 30.5 Å². The van der Waals surface area contributed by atoms with Gasteiger partial charge in [-0.3, -0.25) is 4.55 Å². The van der Waals surface area contributed by atoms with E-state index in [0.717, 1.165) is 15.5 Å². The normalized spacial score (nSPS) is 11.7. The number of hydrogen-bond acceptors (Lipinski definition) is 5. The highest BCUT2D eigenvalue weighted by molar-refractivity contribution is 8.03. The molecule has 4 N–H and O–H groups in total. The van der Waals surface area contributed by atoms with Gasteiger partial charge in [-0.15, -0.1) is 0 Å². The molecule has 7 heteroatoms. The Morgan fingerprint density at radius 2 is 2.15 bits per heavy atom. The van der Waals surface area contributed by atoms with E-state index in [1.807, 2.05) is 24.3 Å². The van der Waals surface area contributed by atoms with Crippen LogP contribution in [-0.4, -0.2) is 25.3 Å². The first-order chi connectivity index (χ1) is 9.42. The summed E-state index contributed by atoms with van der Waals surface area (Å²) in [6, 6.07) is 7.63. The number of nitrogens with two attached hydrogens (primary N) is 1. The number of nitrogens with one attached hydrogen (secondary N) is 1. The van der Waals surface area contributed by atoms with Gasteiger partial charge in [0.05, 0.1) is 5.75 Å². The Morgan fingerprint density at radius 1 is 1.45 bits per heavy atom. The lowest BCUT2D eigenvalue weighted by Gasteiger charge is -2.11. The Bertz CT molecular complexity index is 583. The first-order valence-electron chi connectivity index (χ1n) is 5.95. The highest BCUT2D eigenvalue weighted by atomic mass is 32.2. The van der Waals surface area contributed by atoms with Gasteiger partial charge in [0.25, 0.3) is 10.1 Å². The molecule has 0 fully saturated rings. The van der Waals surface area contributed by atoms with E-state index in [4.69, 9.17) is 10.3 Å². The smallest absolute Gasteiger partial charge is 0.264 e. The maximum absolute atomic E-state index is 10.6. The number of hydrogen-bond donors (Lipinski definition) is 3. The van der Waals surface area contributed by atoms with Crippen LogP contribution in [0.1, 0.15) is 6.42 Å². The van der Waals surface area contributed by atoms with E-state index < -0.39 is 10.1 Å². The summed E-state index contributed by atoms with van der Waals surface area (Å²) < 4.78 is 29.9. The zero-order valence-electron chi connectivity index (χ0n) is 11.0. The molecule has 1 aromatic carbocycles. The van der Waals surface area contributed by atoms with Crippen molar-refractivity contribution in [1.82, 2.24) is 0 Å². The van der Waals surface area contributed by atoms with Gasteiger partial charge in [0.15, 0.2) is 0 Å². The summed E-state index contributed by atoms with van der Waals surface area (Å²) in [6.45, 7) is 4.32. The van der Waals surface area contributed by atoms with Gasteiger partial charge >= 0.3 is 0 Å². The van der Waals surface area contributed by atoms with E-state index >= 15 is 0 Å². The van der Waals surface area contributed by atoms with E-state index in [2.05, 4.69) is 11.9 Å². The molecular formula is C13H18N2O3S2. The van der Waals surface area contributed by atoms with Gasteiger partial charge in [-0.25, -0.2) is 0 Å². The van der Waals surface area contributed by atoms with Gasteiger partial charge in [0.1, 0.15) is 0 Å². The van der Waals surface area contributed by atoms with Crippen LogP contribution in [0.4, 0.5) is 5.69 Å². The Morgan fingerprint density at radius 3 is 2.80 bits per heavy atom. The summed E-state index contributed by atoms with van der Waals surface area (Å²) in [4.78, 5) is 1.78. The molecular weight excluding hydrogens is 296 g/mol. The van der Waals surface area contributed by atoms with Gasteiger partial charge in [-0.05, 0) is 30.8 Å². The third-order valence-corrected chi connectivity index (χ3v) is 4.08. The Balaban J connectivity index is 2.59. The van der Waals surface area contributed by atoms with Crippen LogP contribution in [0, 0.1) is 0 Å². The zero-order valence-corrected chi connectivity index (χ0v) is 12.6. The van der Waals surface area contributed by atoms with Crippen molar-refractivity contribution in [3.63, 3.8) is 0 Å². The molecule has 0 saturated carbocycles.